The lowest BCUT2D eigenvalue weighted by Gasteiger charge is -2.19. The van der Waals surface area contributed by atoms with Crippen molar-refractivity contribution in [3.8, 4) is 0 Å². The Bertz CT molecular complexity index is 149. The van der Waals surface area contributed by atoms with Crippen LogP contribution in [0.3, 0.4) is 0 Å². The first-order valence-corrected chi connectivity index (χ1v) is 4.22. The highest BCUT2D eigenvalue weighted by atomic mass is 32.1. The molecule has 1 aliphatic heterocycles. The third-order valence-corrected chi connectivity index (χ3v) is 2.27. The zero-order chi connectivity index (χ0) is 8.97. The zero-order valence-corrected chi connectivity index (χ0v) is 8.26. The van der Waals surface area contributed by atoms with Crippen LogP contribution in [0.25, 0.3) is 0 Å². The molecular formula is C7H14N2O2S. The highest BCUT2D eigenvalue weighted by Gasteiger charge is 2.23. The average Bonchev–Trinajstić information content (AvgIpc) is 2.38. The lowest BCUT2D eigenvalue weighted by Crippen LogP contribution is -2.33. The van der Waals surface area contributed by atoms with Gasteiger partial charge in [0.15, 0.2) is 5.11 Å². The van der Waals surface area contributed by atoms with Crippen LogP contribution in [-0.4, -0.2) is 55.7 Å². The molecule has 4 nitrogen and oxygen atoms in total. The maximum atomic E-state index is 5.18. The summed E-state index contributed by atoms with van der Waals surface area (Å²) in [7, 11) is 3.34. The molecule has 12 heavy (non-hydrogen) atoms. The summed E-state index contributed by atoms with van der Waals surface area (Å²) >= 11 is 5.18. The van der Waals surface area contributed by atoms with Gasteiger partial charge in [0.05, 0.1) is 0 Å². The molecule has 1 aliphatic rings. The molecule has 0 aromatic heterocycles. The first-order valence-electron chi connectivity index (χ1n) is 3.81. The van der Waals surface area contributed by atoms with Gasteiger partial charge in [0, 0.05) is 27.3 Å². The van der Waals surface area contributed by atoms with E-state index in [1.54, 1.807) is 14.2 Å². The highest BCUT2D eigenvalue weighted by Crippen LogP contribution is 2.07. The first-order chi connectivity index (χ1) is 5.79. The van der Waals surface area contributed by atoms with Crippen molar-refractivity contribution in [3.05, 3.63) is 0 Å². The van der Waals surface area contributed by atoms with Gasteiger partial charge in [0.2, 0.25) is 0 Å². The van der Waals surface area contributed by atoms with Gasteiger partial charge in [-0.25, -0.2) is 0 Å². The van der Waals surface area contributed by atoms with Crippen molar-refractivity contribution >= 4 is 17.3 Å². The van der Waals surface area contributed by atoms with E-state index in [2.05, 4.69) is 0 Å². The average molecular weight is 190 g/mol. The second kappa shape index (κ2) is 4.59. The maximum Gasteiger partial charge on any atom is 0.175 e. The van der Waals surface area contributed by atoms with Gasteiger partial charge in [-0.2, -0.15) is 0 Å². The van der Waals surface area contributed by atoms with Crippen molar-refractivity contribution in [1.29, 1.82) is 0 Å². The molecule has 1 saturated heterocycles. The Morgan fingerprint density at radius 3 is 1.92 bits per heavy atom. The molecule has 0 saturated carbocycles. The monoisotopic (exact) mass is 190 g/mol. The Morgan fingerprint density at radius 2 is 1.58 bits per heavy atom. The van der Waals surface area contributed by atoms with Gasteiger partial charge in [-0.15, -0.1) is 0 Å². The molecule has 70 valence electrons. The van der Waals surface area contributed by atoms with Gasteiger partial charge in [-0.05, 0) is 12.2 Å². The largest absolute Gasteiger partial charge is 0.364 e. The number of methoxy groups -OCH3 is 2. The molecule has 0 unspecified atom stereocenters. The summed E-state index contributed by atoms with van der Waals surface area (Å²) in [6, 6.07) is 0. The molecule has 0 spiro atoms. The highest BCUT2D eigenvalue weighted by molar-refractivity contribution is 7.80. The van der Waals surface area contributed by atoms with Gasteiger partial charge in [0.25, 0.3) is 0 Å². The predicted octanol–water partition coefficient (Wildman–Crippen LogP) is 0.0967. The summed E-state index contributed by atoms with van der Waals surface area (Å²) in [6.07, 6.45) is 0. The van der Waals surface area contributed by atoms with Gasteiger partial charge >= 0.3 is 0 Å². The van der Waals surface area contributed by atoms with E-state index in [4.69, 9.17) is 21.7 Å². The van der Waals surface area contributed by atoms with Crippen molar-refractivity contribution in [1.82, 2.24) is 9.80 Å². The van der Waals surface area contributed by atoms with Gasteiger partial charge in [-0.1, -0.05) is 0 Å². The Balaban J connectivity index is 2.38. The molecular weight excluding hydrogens is 176 g/mol. The van der Waals surface area contributed by atoms with E-state index in [1.807, 2.05) is 9.80 Å². The molecule has 0 bridgehead atoms. The molecule has 1 rings (SSSR count). The number of nitrogens with zero attached hydrogens (tertiary/aromatic N) is 2. The van der Waals surface area contributed by atoms with E-state index in [0.717, 1.165) is 18.2 Å². The Labute approximate surface area is 78.0 Å². The minimum atomic E-state index is 0.568. The van der Waals surface area contributed by atoms with Crippen LogP contribution in [-0.2, 0) is 9.47 Å². The molecule has 1 heterocycles. The fourth-order valence-electron chi connectivity index (χ4n) is 1.18. The Hall–Kier alpha value is -0.390. The van der Waals surface area contributed by atoms with Crippen molar-refractivity contribution < 1.29 is 9.47 Å². The molecule has 0 aliphatic carbocycles. The topological polar surface area (TPSA) is 24.9 Å². The SMILES string of the molecule is COCN1CCN(COC)C1=S. The number of ether oxygens (including phenoxy) is 2. The fourth-order valence-corrected chi connectivity index (χ4v) is 1.47. The third kappa shape index (κ3) is 2.06. The Morgan fingerprint density at radius 1 is 1.17 bits per heavy atom. The van der Waals surface area contributed by atoms with Crippen LogP contribution in [0, 0.1) is 0 Å². The van der Waals surface area contributed by atoms with Crippen LogP contribution < -0.4 is 0 Å². The van der Waals surface area contributed by atoms with Crippen LogP contribution in [0.5, 0.6) is 0 Å². The van der Waals surface area contributed by atoms with Crippen LogP contribution in [0.1, 0.15) is 0 Å². The van der Waals surface area contributed by atoms with Crippen LogP contribution in [0.2, 0.25) is 0 Å². The smallest absolute Gasteiger partial charge is 0.175 e. The van der Waals surface area contributed by atoms with Gasteiger partial charge in [0.1, 0.15) is 13.5 Å². The van der Waals surface area contributed by atoms with E-state index in [1.165, 1.54) is 0 Å². The molecule has 0 aromatic rings. The van der Waals surface area contributed by atoms with Crippen LogP contribution in [0.4, 0.5) is 0 Å². The van der Waals surface area contributed by atoms with Gasteiger partial charge < -0.3 is 19.3 Å². The summed E-state index contributed by atoms with van der Waals surface area (Å²) in [4.78, 5) is 4.02. The molecule has 5 heteroatoms. The normalized spacial score (nSPS) is 17.7. The van der Waals surface area contributed by atoms with Crippen molar-refractivity contribution in [3.63, 3.8) is 0 Å². The minimum Gasteiger partial charge on any atom is -0.364 e. The lowest BCUT2D eigenvalue weighted by molar-refractivity contribution is 0.112. The number of rotatable bonds is 4. The van der Waals surface area contributed by atoms with E-state index in [-0.39, 0.29) is 0 Å². The maximum absolute atomic E-state index is 5.18. The predicted molar refractivity (Wildman–Crippen MR) is 49.8 cm³/mol. The summed E-state index contributed by atoms with van der Waals surface area (Å²) in [5, 5.41) is 0.818. The third-order valence-electron chi connectivity index (χ3n) is 1.75. The minimum absolute atomic E-state index is 0.568. The van der Waals surface area contributed by atoms with E-state index in [0.29, 0.717) is 13.5 Å². The fraction of sp³-hybridized carbons (Fsp3) is 0.857. The summed E-state index contributed by atoms with van der Waals surface area (Å²) < 4.78 is 9.99. The number of hydrogen-bond acceptors (Lipinski definition) is 3. The quantitative estimate of drug-likeness (QED) is 0.585. The van der Waals surface area contributed by atoms with Crippen molar-refractivity contribution in [2.24, 2.45) is 0 Å². The molecule has 0 N–H and O–H groups in total. The molecule has 0 atom stereocenters. The second-order valence-corrected chi connectivity index (χ2v) is 3.01. The number of thiocarbonyl (C=S) groups is 1. The van der Waals surface area contributed by atoms with Crippen LogP contribution in [0.15, 0.2) is 0 Å². The number of hydrogen-bond donors (Lipinski definition) is 0. The second-order valence-electron chi connectivity index (χ2n) is 2.65. The zero-order valence-electron chi connectivity index (χ0n) is 7.45. The standard InChI is InChI=1S/C7H14N2O2S/c1-10-5-8-3-4-9(6-11-2)7(8)12/h3-6H2,1-2H3. The Kier molecular flexibility index (Phi) is 3.71. The molecule has 0 amide bonds. The summed E-state index contributed by atoms with van der Waals surface area (Å²) in [6.45, 7) is 2.99. The van der Waals surface area contributed by atoms with E-state index >= 15 is 0 Å². The van der Waals surface area contributed by atoms with Crippen LogP contribution >= 0.6 is 12.2 Å². The molecule has 0 aromatic carbocycles. The van der Waals surface area contributed by atoms with Crippen molar-refractivity contribution in [2.75, 3.05) is 40.8 Å². The van der Waals surface area contributed by atoms with E-state index in [9.17, 15) is 0 Å². The summed E-state index contributed by atoms with van der Waals surface area (Å²) in [5.74, 6) is 0. The lowest BCUT2D eigenvalue weighted by atomic mass is 10.6. The molecule has 1 fully saturated rings. The molecule has 0 radical (unpaired) electrons. The van der Waals surface area contributed by atoms with Gasteiger partial charge in [-0.3, -0.25) is 0 Å². The van der Waals surface area contributed by atoms with E-state index < -0.39 is 0 Å². The van der Waals surface area contributed by atoms with Crippen molar-refractivity contribution in [2.45, 2.75) is 0 Å². The first kappa shape index (κ1) is 9.70. The summed E-state index contributed by atoms with van der Waals surface area (Å²) in [5.41, 5.74) is 0.